The third-order valence-electron chi connectivity index (χ3n) is 2.49. The quantitative estimate of drug-likeness (QED) is 0.887. The maximum absolute atomic E-state index is 13.5. The molecule has 1 aromatic heterocycles. The average Bonchev–Trinajstić information content (AvgIpc) is 2.76. The van der Waals surface area contributed by atoms with E-state index in [0.29, 0.717) is 17.3 Å². The van der Waals surface area contributed by atoms with E-state index in [9.17, 15) is 4.39 Å². The van der Waals surface area contributed by atoms with E-state index >= 15 is 0 Å². The van der Waals surface area contributed by atoms with Crippen LogP contribution in [0.1, 0.15) is 31.2 Å². The molecular formula is C12H14FN3O. The number of rotatable bonds is 3. The minimum atomic E-state index is -0.301. The summed E-state index contributed by atoms with van der Waals surface area (Å²) in [7, 11) is 0. The maximum atomic E-state index is 13.5. The lowest BCUT2D eigenvalue weighted by Crippen LogP contribution is -1.96. The number of nitrogens with two attached hydrogens (primary N) is 1. The first-order chi connectivity index (χ1) is 8.10. The lowest BCUT2D eigenvalue weighted by atomic mass is 10.0. The van der Waals surface area contributed by atoms with Gasteiger partial charge in [-0.2, -0.15) is 4.98 Å². The minimum Gasteiger partial charge on any atom is -0.338 e. The highest BCUT2D eigenvalue weighted by Gasteiger charge is 2.11. The van der Waals surface area contributed by atoms with E-state index in [1.54, 1.807) is 0 Å². The molecule has 0 aliphatic rings. The third-order valence-corrected chi connectivity index (χ3v) is 2.49. The molecule has 0 unspecified atom stereocenters. The van der Waals surface area contributed by atoms with Crippen molar-refractivity contribution >= 4 is 0 Å². The van der Waals surface area contributed by atoms with Crippen molar-refractivity contribution in [1.82, 2.24) is 10.1 Å². The molecule has 2 aromatic rings. The molecule has 0 radical (unpaired) electrons. The van der Waals surface area contributed by atoms with Crippen LogP contribution in [0.3, 0.4) is 0 Å². The van der Waals surface area contributed by atoms with Crippen molar-refractivity contribution in [2.75, 3.05) is 0 Å². The number of benzene rings is 1. The molecule has 2 rings (SSSR count). The fourth-order valence-electron chi connectivity index (χ4n) is 1.53. The lowest BCUT2D eigenvalue weighted by molar-refractivity contribution is 0.380. The van der Waals surface area contributed by atoms with Crippen molar-refractivity contribution in [1.29, 1.82) is 0 Å². The van der Waals surface area contributed by atoms with Gasteiger partial charge in [-0.1, -0.05) is 19.0 Å². The Morgan fingerprint density at radius 1 is 1.35 bits per heavy atom. The van der Waals surface area contributed by atoms with Gasteiger partial charge in [0.15, 0.2) is 0 Å². The Hall–Kier alpha value is -1.75. The number of halogens is 1. The van der Waals surface area contributed by atoms with Gasteiger partial charge in [-0.05, 0) is 29.7 Å². The van der Waals surface area contributed by atoms with Gasteiger partial charge in [-0.25, -0.2) is 4.39 Å². The molecule has 17 heavy (non-hydrogen) atoms. The van der Waals surface area contributed by atoms with Crippen molar-refractivity contribution in [3.8, 4) is 11.4 Å². The van der Waals surface area contributed by atoms with Crippen LogP contribution in [-0.4, -0.2) is 10.1 Å². The molecule has 0 amide bonds. The van der Waals surface area contributed by atoms with Crippen LogP contribution in [0.15, 0.2) is 22.7 Å². The summed E-state index contributed by atoms with van der Waals surface area (Å²) in [5, 5.41) is 3.77. The van der Waals surface area contributed by atoms with E-state index in [2.05, 4.69) is 10.1 Å². The van der Waals surface area contributed by atoms with E-state index in [1.165, 1.54) is 12.1 Å². The van der Waals surface area contributed by atoms with Gasteiger partial charge in [0.1, 0.15) is 5.82 Å². The molecule has 0 saturated carbocycles. The first-order valence-corrected chi connectivity index (χ1v) is 5.43. The number of aromatic nitrogens is 2. The zero-order valence-electron chi connectivity index (χ0n) is 9.77. The fourth-order valence-corrected chi connectivity index (χ4v) is 1.53. The fraction of sp³-hybridized carbons (Fsp3) is 0.333. The zero-order chi connectivity index (χ0) is 12.4. The van der Waals surface area contributed by atoms with E-state index in [-0.39, 0.29) is 18.3 Å². The second kappa shape index (κ2) is 4.63. The van der Waals surface area contributed by atoms with Crippen molar-refractivity contribution in [2.24, 2.45) is 5.73 Å². The highest BCUT2D eigenvalue weighted by molar-refractivity contribution is 5.56. The first-order valence-electron chi connectivity index (χ1n) is 5.43. The van der Waals surface area contributed by atoms with Crippen molar-refractivity contribution in [2.45, 2.75) is 26.3 Å². The Morgan fingerprint density at radius 2 is 2.12 bits per heavy atom. The second-order valence-corrected chi connectivity index (χ2v) is 4.14. The van der Waals surface area contributed by atoms with E-state index in [1.807, 2.05) is 19.9 Å². The van der Waals surface area contributed by atoms with Crippen molar-refractivity contribution in [3.05, 3.63) is 35.5 Å². The smallest absolute Gasteiger partial charge is 0.240 e. The van der Waals surface area contributed by atoms with Crippen LogP contribution in [0.2, 0.25) is 0 Å². The van der Waals surface area contributed by atoms with Crippen molar-refractivity contribution in [3.63, 3.8) is 0 Å². The maximum Gasteiger partial charge on any atom is 0.240 e. The summed E-state index contributed by atoms with van der Waals surface area (Å²) >= 11 is 0. The zero-order valence-corrected chi connectivity index (χ0v) is 9.77. The molecule has 5 heteroatoms. The largest absolute Gasteiger partial charge is 0.338 e. The first kappa shape index (κ1) is 11.7. The number of hydrogen-bond donors (Lipinski definition) is 1. The Morgan fingerprint density at radius 3 is 2.71 bits per heavy atom. The summed E-state index contributed by atoms with van der Waals surface area (Å²) < 4.78 is 18.4. The van der Waals surface area contributed by atoms with Crippen LogP contribution in [0, 0.1) is 5.82 Å². The van der Waals surface area contributed by atoms with Crippen LogP contribution < -0.4 is 5.73 Å². The molecule has 0 aliphatic carbocycles. The standard InChI is InChI=1S/C12H14FN3O/c1-7(2)8-3-9(5-10(13)4-8)12-15-11(6-14)17-16-12/h3-5,7H,6,14H2,1-2H3. The molecule has 4 nitrogen and oxygen atoms in total. The van der Waals surface area contributed by atoms with E-state index in [0.717, 1.165) is 5.56 Å². The summed E-state index contributed by atoms with van der Waals surface area (Å²) in [6, 6.07) is 4.76. The Kier molecular flexibility index (Phi) is 3.19. The van der Waals surface area contributed by atoms with Gasteiger partial charge in [0.2, 0.25) is 11.7 Å². The van der Waals surface area contributed by atoms with Crippen LogP contribution in [-0.2, 0) is 6.54 Å². The van der Waals surface area contributed by atoms with Gasteiger partial charge in [-0.15, -0.1) is 0 Å². The SMILES string of the molecule is CC(C)c1cc(F)cc(-c2noc(CN)n2)c1. The topological polar surface area (TPSA) is 64.9 Å². The van der Waals surface area contributed by atoms with Gasteiger partial charge < -0.3 is 10.3 Å². The molecule has 1 heterocycles. The van der Waals surface area contributed by atoms with Crippen LogP contribution in [0.4, 0.5) is 4.39 Å². The number of hydrogen-bond acceptors (Lipinski definition) is 4. The lowest BCUT2D eigenvalue weighted by Gasteiger charge is -2.06. The Balaban J connectivity index is 2.44. The van der Waals surface area contributed by atoms with E-state index < -0.39 is 0 Å². The monoisotopic (exact) mass is 235 g/mol. The molecule has 1 aromatic carbocycles. The summed E-state index contributed by atoms with van der Waals surface area (Å²) in [5.41, 5.74) is 6.89. The summed E-state index contributed by atoms with van der Waals surface area (Å²) in [6.45, 7) is 4.18. The van der Waals surface area contributed by atoms with Gasteiger partial charge >= 0.3 is 0 Å². The van der Waals surface area contributed by atoms with Gasteiger partial charge in [-0.3, -0.25) is 0 Å². The summed E-state index contributed by atoms with van der Waals surface area (Å²) in [5.74, 6) is 0.651. The molecule has 90 valence electrons. The summed E-state index contributed by atoms with van der Waals surface area (Å²) in [4.78, 5) is 4.07. The van der Waals surface area contributed by atoms with Gasteiger partial charge in [0.05, 0.1) is 6.54 Å². The van der Waals surface area contributed by atoms with Crippen LogP contribution >= 0.6 is 0 Å². The van der Waals surface area contributed by atoms with Gasteiger partial charge in [0, 0.05) is 5.56 Å². The molecule has 2 N–H and O–H groups in total. The normalized spacial score (nSPS) is 11.1. The van der Waals surface area contributed by atoms with E-state index in [4.69, 9.17) is 10.3 Å². The molecule has 0 spiro atoms. The molecule has 0 saturated heterocycles. The molecular weight excluding hydrogens is 221 g/mol. The minimum absolute atomic E-state index is 0.180. The molecule has 0 atom stereocenters. The molecule has 0 bridgehead atoms. The summed E-state index contributed by atoms with van der Waals surface area (Å²) in [6.07, 6.45) is 0. The predicted octanol–water partition coefficient (Wildman–Crippen LogP) is 2.46. The predicted molar refractivity (Wildman–Crippen MR) is 61.7 cm³/mol. The van der Waals surface area contributed by atoms with Crippen LogP contribution in [0.25, 0.3) is 11.4 Å². The number of nitrogens with zero attached hydrogens (tertiary/aromatic N) is 2. The third kappa shape index (κ3) is 2.50. The highest BCUT2D eigenvalue weighted by Crippen LogP contribution is 2.23. The second-order valence-electron chi connectivity index (χ2n) is 4.14. The Bertz CT molecular complexity index is 522. The molecule has 0 aliphatic heterocycles. The van der Waals surface area contributed by atoms with Crippen molar-refractivity contribution < 1.29 is 8.91 Å². The van der Waals surface area contributed by atoms with Gasteiger partial charge in [0.25, 0.3) is 0 Å². The average molecular weight is 235 g/mol. The Labute approximate surface area is 98.6 Å². The molecule has 0 fully saturated rings. The van der Waals surface area contributed by atoms with Crippen LogP contribution in [0.5, 0.6) is 0 Å². The highest BCUT2D eigenvalue weighted by atomic mass is 19.1.